The van der Waals surface area contributed by atoms with Crippen LogP contribution in [0.1, 0.15) is 420 Å². The maximum atomic E-state index is 9.35. The minimum absolute atomic E-state index is 0. The third-order valence-corrected chi connectivity index (χ3v) is 47.6. The minimum Gasteiger partial charge on any atom is -0.418 e. The van der Waals surface area contributed by atoms with Crippen LogP contribution >= 0.6 is 0 Å². The van der Waals surface area contributed by atoms with Gasteiger partial charge < -0.3 is 145 Å². The molecule has 12 rings (SSSR count). The van der Waals surface area contributed by atoms with Crippen molar-refractivity contribution < 1.29 is 159 Å². The first-order valence-corrected chi connectivity index (χ1v) is 67.7. The molecule has 0 amide bonds. The van der Waals surface area contributed by atoms with Crippen molar-refractivity contribution in [2.45, 2.75) is 514 Å². The summed E-state index contributed by atoms with van der Waals surface area (Å²) in [5.74, 6) is 5.77. The number of carbonyl (C=O) groups excluding carboxylic acids is 3. The Hall–Kier alpha value is 3.07. The Morgan fingerprint density at radius 1 is 0.254 bits per heavy atom. The van der Waals surface area contributed by atoms with Crippen LogP contribution in [-0.2, 0) is 143 Å². The molecule has 828 valence electrons. The van der Waals surface area contributed by atoms with E-state index in [0.29, 0.717) is 5.54 Å². The fraction of sp³-hybridized carbons (Fsp3) is 0.864. The summed E-state index contributed by atoms with van der Waals surface area (Å²) in [7, 11) is -3.90. The number of rotatable bonds is 30. The molecule has 24 heteroatoms. The van der Waals surface area contributed by atoms with Gasteiger partial charge in [-0.1, -0.05) is 399 Å². The largest absolute Gasteiger partial charge is 2.00 e. The molecule has 12 saturated carbocycles. The van der Waals surface area contributed by atoms with Gasteiger partial charge in [0.25, 0.3) is 0 Å². The van der Waals surface area contributed by atoms with Crippen molar-refractivity contribution in [2.75, 3.05) is 59.8 Å². The van der Waals surface area contributed by atoms with E-state index in [0.717, 1.165) is 73.0 Å². The third-order valence-electron chi connectivity index (χ3n) is 28.6. The second kappa shape index (κ2) is 128. The molecule has 5 atom stereocenters. The topological polar surface area (TPSA) is 167 Å². The third kappa shape index (κ3) is 106. The quantitative estimate of drug-likeness (QED) is 0.0461. The van der Waals surface area contributed by atoms with Gasteiger partial charge in [0.2, 0.25) is 25.0 Å². The van der Waals surface area contributed by atoms with Gasteiger partial charge in [0.15, 0.2) is 25.0 Å². The molecule has 0 spiro atoms. The molecule has 0 aliphatic heterocycles. The van der Waals surface area contributed by atoms with Crippen LogP contribution in [0.4, 0.5) is 0 Å². The summed E-state index contributed by atoms with van der Waals surface area (Å²) in [6, 6.07) is 4.98. The number of aliphatic hydroxyl groups excluding tert-OH is 3. The summed E-state index contributed by atoms with van der Waals surface area (Å²) in [5, 5.41) is 27.8. The van der Waals surface area contributed by atoms with Gasteiger partial charge >= 0.3 is 102 Å². The summed E-state index contributed by atoms with van der Waals surface area (Å²) >= 11 is 0. The van der Waals surface area contributed by atoms with Gasteiger partial charge in [-0.05, 0) is 150 Å². The summed E-state index contributed by atoms with van der Waals surface area (Å²) in [5.41, 5.74) is 1.44. The Kier molecular flexibility index (Phi) is 180. The molecule has 0 radical (unpaired) electrons. The van der Waals surface area contributed by atoms with Crippen molar-refractivity contribution in [3.8, 4) is 0 Å². The molecule has 3 N–H and O–H groups in total. The predicted octanol–water partition coefficient (Wildman–Crippen LogP) is 35.7. The normalized spacial score (nSPS) is 18.6. The molecule has 0 bridgehead atoms. The second-order valence-corrected chi connectivity index (χ2v) is 65.0. The van der Waals surface area contributed by atoms with E-state index in [2.05, 4.69) is 93.5 Å². The fourth-order valence-corrected chi connectivity index (χ4v) is 31.0. The number of hydrogen-bond donors (Lipinski definition) is 3. The average Bonchev–Trinajstić information content (AvgIpc) is 1.79. The van der Waals surface area contributed by atoms with Crippen LogP contribution in [-0.4, -0.2) is 145 Å². The Morgan fingerprint density at radius 3 is 0.657 bits per heavy atom. The van der Waals surface area contributed by atoms with Crippen LogP contribution in [0.5, 0.6) is 0 Å². The first-order chi connectivity index (χ1) is 55.9. The molecule has 134 heavy (non-hydrogen) atoms. The predicted molar refractivity (Wildman–Crippen MR) is 599 cm³/mol. The van der Waals surface area contributed by atoms with Gasteiger partial charge in [-0.15, -0.1) is 0 Å². The zero-order valence-electron chi connectivity index (χ0n) is 95.4. The van der Waals surface area contributed by atoms with Crippen molar-refractivity contribution >= 4 is 70.3 Å². The summed E-state index contributed by atoms with van der Waals surface area (Å²) in [6.45, 7) is 40.3. The first kappa shape index (κ1) is 188. The van der Waals surface area contributed by atoms with E-state index < -0.39 is 49.9 Å². The van der Waals surface area contributed by atoms with Crippen molar-refractivity contribution in [2.24, 2.45) is 35.5 Å². The van der Waals surface area contributed by atoms with Crippen LogP contribution in [0, 0.1) is 125 Å². The van der Waals surface area contributed by atoms with Crippen molar-refractivity contribution in [1.82, 2.24) is 0 Å². The van der Waals surface area contributed by atoms with Crippen LogP contribution < -0.4 is 0 Å². The molecule has 0 saturated heterocycles. The zero-order valence-corrected chi connectivity index (χ0v) is 108. The molecule has 0 aromatic carbocycles. The molecule has 0 aromatic heterocycles. The summed E-state index contributed by atoms with van der Waals surface area (Å²) in [4.78, 5) is 24.0. The first-order valence-electron chi connectivity index (χ1n) is 50.2. The summed E-state index contributed by atoms with van der Waals surface area (Å²) < 4.78 is 34.0. The molecular weight excluding hydrogens is 2020 g/mol. The maximum Gasteiger partial charge on any atom is 2.00 e. The van der Waals surface area contributed by atoms with E-state index in [1.807, 2.05) is 20.4 Å². The summed E-state index contributed by atoms with van der Waals surface area (Å²) in [6.07, 6.45) is 88.4. The molecule has 0 aromatic rings. The van der Waals surface area contributed by atoms with E-state index in [-0.39, 0.29) is 210 Å². The van der Waals surface area contributed by atoms with Crippen LogP contribution in [0.25, 0.3) is 0 Å². The SMILES string of the molecule is C1CCCC1.C1CCCC1.C1CCCC1.C1CCCC1.C1CCCC1.C1CCCC1.C=O.C=O.C=O.CCO[Si](C)(C)C(C)C1CCCC1.CCO[Si](C)(C)CCC1CCCC1.CCO[Si](C)(C)CCCC1CCCC1.CO[Si](C)(CO)C(C)C1CCCC1.CO[Si](C)(CO)CCC1CCCC1.CO[Si](C)(CO)CCCC1CCCC1.[CH3-].[CH3-].[CH3-].[CH3-].[CH3-].[CH3-].[CH3-].[CH3-].[CH3-].[CH3-].[CH3-].[CH3-].[Fe+2].[Fe+2].[Fe+2].[Fe+2].[Fe+2].[Fe+2]. The van der Waals surface area contributed by atoms with E-state index in [1.165, 1.54) is 397 Å². The fourth-order valence-electron chi connectivity index (χ4n) is 19.4. The maximum absolute atomic E-state index is 9.35. The van der Waals surface area contributed by atoms with E-state index in [9.17, 15) is 15.3 Å². The van der Waals surface area contributed by atoms with Crippen molar-refractivity contribution in [3.05, 3.63) is 89.1 Å². The molecule has 5 unspecified atom stereocenters. The van der Waals surface area contributed by atoms with Crippen molar-refractivity contribution in [3.63, 3.8) is 0 Å². The van der Waals surface area contributed by atoms with Gasteiger partial charge in [-0.3, -0.25) is 0 Å². The molecule has 12 aliphatic carbocycles. The van der Waals surface area contributed by atoms with Gasteiger partial charge in [0.1, 0.15) is 20.4 Å². The van der Waals surface area contributed by atoms with Crippen LogP contribution in [0.2, 0.25) is 94.2 Å². The Balaban J connectivity index is -0.0000000546. The Morgan fingerprint density at radius 2 is 0.448 bits per heavy atom. The molecule has 12 nitrogen and oxygen atoms in total. The second-order valence-electron chi connectivity index (χ2n) is 39.5. The van der Waals surface area contributed by atoms with E-state index in [4.69, 9.17) is 40.9 Å². The smallest absolute Gasteiger partial charge is 0.418 e. The monoisotopic (exact) mass is 2260 g/mol. The number of hydrogen-bond acceptors (Lipinski definition) is 12. The van der Waals surface area contributed by atoms with Gasteiger partial charge in [-0.2, -0.15) is 0 Å². The van der Waals surface area contributed by atoms with Gasteiger partial charge in [0.05, 0.1) is 18.7 Å². The average molecular weight is 2260 g/mol. The molecule has 12 fully saturated rings. The van der Waals surface area contributed by atoms with Crippen LogP contribution in [0.15, 0.2) is 0 Å². The zero-order chi connectivity index (χ0) is 87.4. The van der Waals surface area contributed by atoms with Crippen molar-refractivity contribution in [1.29, 1.82) is 0 Å². The number of carbonyl (C=O) groups is 3. The Bertz CT molecular complexity index is 1890. The minimum atomic E-state index is -1.81. The molecular formula is C110H244Fe6O12Si6. The van der Waals surface area contributed by atoms with Gasteiger partial charge in [0, 0.05) is 41.2 Å². The van der Waals surface area contributed by atoms with Crippen LogP contribution in [0.3, 0.4) is 0 Å². The Labute approximate surface area is 919 Å². The molecule has 0 heterocycles. The number of aliphatic hydroxyl groups is 3. The molecule has 12 aliphatic rings. The van der Waals surface area contributed by atoms with E-state index in [1.54, 1.807) is 21.3 Å². The van der Waals surface area contributed by atoms with E-state index >= 15 is 0 Å². The van der Waals surface area contributed by atoms with Gasteiger partial charge in [-0.25, -0.2) is 0 Å². The standard InChI is InChI=1S/C12H26OSi.C11H24O2Si.2C11H24OSi.2C10H22O2Si.6C5H10.3CH2O.12CH3.6Fe/c1-4-13-14(2,3)11-7-10-12-8-5-6-9-12;1-13-14(2,10-12)9-5-8-11-6-3-4-7-11;1-5-12-13(3,4)10(2)11-8-6-7-9-11;1-4-12-13(2,3)10-9-11-7-5-6-8-11;1-9(10-6-4-5-7-10)13(3,8-11)12-2;1-12-13(2,9-11)8-7-10-5-3-4-6-10;6*1-2-4-5-3-1;3*1-2;;;;;;;;;;;;;;;;;;/h12H,4-11H2,1-3H3;11-12H,3-10H2,1-2H3;10-11H,5-9H2,1-4H3;11H,4-10H2,1-3H3;9-11H,4-8H2,1-3H3;10-11H,3-9H2,1-2H3;6*1-5H2;3*1H2;12*1H3;;;;;;/q;;;;;;;;;;;;;;;12*-1;6*+2.